The van der Waals surface area contributed by atoms with Crippen molar-refractivity contribution in [3.05, 3.63) is 10.4 Å². The summed E-state index contributed by atoms with van der Waals surface area (Å²) in [7, 11) is 0. The second-order valence-electron chi connectivity index (χ2n) is 2.92. The van der Waals surface area contributed by atoms with Crippen LogP contribution in [0.2, 0.25) is 0 Å². The van der Waals surface area contributed by atoms with Gasteiger partial charge in [-0.25, -0.2) is 0 Å². The monoisotopic (exact) mass is 205 g/mol. The summed E-state index contributed by atoms with van der Waals surface area (Å²) in [5.74, 6) is 0. The number of hydrogen-bond donors (Lipinski definition) is 4. The second-order valence-corrected chi connectivity index (χ2v) is 2.92. The zero-order valence-electron chi connectivity index (χ0n) is 7.13. The molecule has 0 aromatic carbocycles. The first kappa shape index (κ1) is 11.2. The molecule has 0 aromatic rings. The third-order valence-corrected chi connectivity index (χ3v) is 2.05. The maximum Gasteiger partial charge on any atom is 0.181 e. The summed E-state index contributed by atoms with van der Waals surface area (Å²) in [6, 6.07) is -1.22. The molecule has 4 N–H and O–H groups in total. The fourth-order valence-corrected chi connectivity index (χ4v) is 1.28. The minimum Gasteiger partial charge on any atom is -0.394 e. The number of rotatable bonds is 2. The highest BCUT2D eigenvalue weighted by atomic mass is 16.6. The van der Waals surface area contributed by atoms with Crippen LogP contribution in [-0.2, 0) is 4.74 Å². The lowest BCUT2D eigenvalue weighted by Gasteiger charge is -2.37. The minimum atomic E-state index is -1.58. The molecule has 14 heavy (non-hydrogen) atoms. The van der Waals surface area contributed by atoms with E-state index in [4.69, 9.17) is 15.7 Å². The molecule has 8 heteroatoms. The Morgan fingerprint density at radius 3 is 2.43 bits per heavy atom. The van der Waals surface area contributed by atoms with Crippen molar-refractivity contribution in [2.45, 2.75) is 30.6 Å². The van der Waals surface area contributed by atoms with Crippen LogP contribution in [0.3, 0.4) is 0 Å². The van der Waals surface area contributed by atoms with Crippen LogP contribution in [-0.4, -0.2) is 57.7 Å². The van der Waals surface area contributed by atoms with Gasteiger partial charge in [-0.05, 0) is 5.53 Å². The second kappa shape index (κ2) is 4.56. The first-order chi connectivity index (χ1) is 6.61. The van der Waals surface area contributed by atoms with Crippen molar-refractivity contribution < 1.29 is 25.2 Å². The van der Waals surface area contributed by atoms with Crippen molar-refractivity contribution in [3.63, 3.8) is 0 Å². The van der Waals surface area contributed by atoms with Gasteiger partial charge in [-0.2, -0.15) is 0 Å². The van der Waals surface area contributed by atoms with Crippen molar-refractivity contribution in [2.75, 3.05) is 6.61 Å². The Morgan fingerprint density at radius 1 is 1.29 bits per heavy atom. The molecule has 0 amide bonds. The van der Waals surface area contributed by atoms with Gasteiger partial charge in [0.05, 0.1) is 18.8 Å². The number of nitrogens with zero attached hydrogens (tertiary/aromatic N) is 3. The number of aliphatic hydroxyl groups excluding tert-OH is 4. The van der Waals surface area contributed by atoms with Gasteiger partial charge in [0, 0.05) is 4.91 Å². The van der Waals surface area contributed by atoms with Gasteiger partial charge >= 0.3 is 0 Å². The van der Waals surface area contributed by atoms with Gasteiger partial charge < -0.3 is 25.2 Å². The number of azide groups is 1. The van der Waals surface area contributed by atoms with Gasteiger partial charge in [-0.15, -0.1) is 0 Å². The van der Waals surface area contributed by atoms with Crippen LogP contribution in [0.5, 0.6) is 0 Å². The van der Waals surface area contributed by atoms with E-state index in [0.717, 1.165) is 0 Å². The number of ether oxygens (including phenoxy) is 1. The third-order valence-electron chi connectivity index (χ3n) is 2.05. The molecule has 0 radical (unpaired) electrons. The summed E-state index contributed by atoms with van der Waals surface area (Å²) < 4.78 is 4.66. The van der Waals surface area contributed by atoms with Gasteiger partial charge in [0.15, 0.2) is 6.29 Å². The third kappa shape index (κ3) is 1.95. The van der Waals surface area contributed by atoms with E-state index < -0.39 is 37.3 Å². The average Bonchev–Trinajstić information content (AvgIpc) is 2.18. The lowest BCUT2D eigenvalue weighted by Crippen LogP contribution is -2.57. The highest BCUT2D eigenvalue weighted by Crippen LogP contribution is 2.22. The van der Waals surface area contributed by atoms with Crippen LogP contribution in [0.25, 0.3) is 10.4 Å². The molecule has 1 aliphatic heterocycles. The summed E-state index contributed by atoms with van der Waals surface area (Å²) in [5.41, 5.74) is 8.15. The predicted molar refractivity (Wildman–Crippen MR) is 42.9 cm³/mol. The molecule has 8 nitrogen and oxygen atoms in total. The largest absolute Gasteiger partial charge is 0.394 e. The lowest BCUT2D eigenvalue weighted by atomic mass is 9.97. The summed E-state index contributed by atoms with van der Waals surface area (Å²) in [6.07, 6.45) is -5.48. The summed E-state index contributed by atoms with van der Waals surface area (Å²) in [4.78, 5) is 2.42. The van der Waals surface area contributed by atoms with Crippen molar-refractivity contribution in [1.82, 2.24) is 0 Å². The van der Waals surface area contributed by atoms with Crippen LogP contribution >= 0.6 is 0 Å². The molecule has 0 aliphatic carbocycles. The molecular formula is C6H11N3O5. The number of hydrogen-bond acceptors (Lipinski definition) is 6. The van der Waals surface area contributed by atoms with E-state index in [2.05, 4.69) is 14.8 Å². The van der Waals surface area contributed by atoms with E-state index in [1.165, 1.54) is 0 Å². The van der Waals surface area contributed by atoms with E-state index in [1.807, 2.05) is 0 Å². The molecule has 0 spiro atoms. The molecule has 1 saturated heterocycles. The Labute approximate surface area is 79.0 Å². The Morgan fingerprint density at radius 2 is 1.93 bits per heavy atom. The Kier molecular flexibility index (Phi) is 3.64. The van der Waals surface area contributed by atoms with Crippen LogP contribution in [0, 0.1) is 0 Å². The van der Waals surface area contributed by atoms with Gasteiger partial charge in [-0.1, -0.05) is 5.11 Å². The smallest absolute Gasteiger partial charge is 0.181 e. The van der Waals surface area contributed by atoms with Crippen LogP contribution in [0.1, 0.15) is 0 Å². The average molecular weight is 205 g/mol. The van der Waals surface area contributed by atoms with Gasteiger partial charge in [0.2, 0.25) is 0 Å². The van der Waals surface area contributed by atoms with E-state index in [1.54, 1.807) is 0 Å². The van der Waals surface area contributed by atoms with Crippen molar-refractivity contribution in [2.24, 2.45) is 5.11 Å². The lowest BCUT2D eigenvalue weighted by molar-refractivity contribution is -0.258. The minimum absolute atomic E-state index is 0.539. The first-order valence-electron chi connectivity index (χ1n) is 3.96. The standard InChI is InChI=1S/C6H11N3O5/c7-9-8-3-4(11)2(1-10)14-6(13)5(3)12/h2-6,10-13H,1H2/t2-,3+,4-,5-,6+/m1/s1. The van der Waals surface area contributed by atoms with Gasteiger partial charge in [-0.3, -0.25) is 0 Å². The zero-order chi connectivity index (χ0) is 10.7. The van der Waals surface area contributed by atoms with Gasteiger partial charge in [0.25, 0.3) is 0 Å². The molecule has 0 saturated carbocycles. The fourth-order valence-electron chi connectivity index (χ4n) is 1.28. The quantitative estimate of drug-likeness (QED) is 0.237. The SMILES string of the molecule is [N-]=[N+]=N[C@@H]1[C@@H](O)[C@@H](O)O[C@H](CO)[C@H]1O. The van der Waals surface area contributed by atoms with E-state index in [-0.39, 0.29) is 0 Å². The Hall–Kier alpha value is -0.890. The molecule has 0 aromatic heterocycles. The van der Waals surface area contributed by atoms with Gasteiger partial charge in [0.1, 0.15) is 12.2 Å². The maximum atomic E-state index is 9.43. The van der Waals surface area contributed by atoms with Crippen LogP contribution in [0.15, 0.2) is 5.11 Å². The fraction of sp³-hybridized carbons (Fsp3) is 1.00. The summed E-state index contributed by atoms with van der Waals surface area (Å²) >= 11 is 0. The van der Waals surface area contributed by atoms with Crippen molar-refractivity contribution in [1.29, 1.82) is 0 Å². The molecule has 1 fully saturated rings. The topological polar surface area (TPSA) is 139 Å². The Balaban J connectivity index is 2.82. The molecule has 1 rings (SSSR count). The molecule has 5 atom stereocenters. The predicted octanol–water partition coefficient (Wildman–Crippen LogP) is -1.90. The van der Waals surface area contributed by atoms with Crippen LogP contribution < -0.4 is 0 Å². The number of aliphatic hydroxyl groups is 4. The molecule has 80 valence electrons. The molecule has 0 bridgehead atoms. The summed E-state index contributed by atoms with van der Waals surface area (Å²) in [5, 5.41) is 39.7. The molecule has 0 unspecified atom stereocenters. The van der Waals surface area contributed by atoms with Crippen molar-refractivity contribution in [3.8, 4) is 0 Å². The molecule has 1 heterocycles. The first-order valence-corrected chi connectivity index (χ1v) is 3.96. The van der Waals surface area contributed by atoms with E-state index in [9.17, 15) is 10.2 Å². The highest BCUT2D eigenvalue weighted by molar-refractivity contribution is 4.93. The van der Waals surface area contributed by atoms with E-state index in [0.29, 0.717) is 0 Å². The summed E-state index contributed by atoms with van der Waals surface area (Å²) in [6.45, 7) is -0.539. The Bertz CT molecular complexity index is 244. The van der Waals surface area contributed by atoms with Crippen LogP contribution in [0.4, 0.5) is 0 Å². The maximum absolute atomic E-state index is 9.43. The zero-order valence-corrected chi connectivity index (χ0v) is 7.13. The molecular weight excluding hydrogens is 194 g/mol. The molecule has 1 aliphatic rings. The van der Waals surface area contributed by atoms with Crippen molar-refractivity contribution >= 4 is 0 Å². The normalized spacial score (nSPS) is 43.0. The van der Waals surface area contributed by atoms with E-state index >= 15 is 0 Å². The highest BCUT2D eigenvalue weighted by Gasteiger charge is 2.43.